The monoisotopic (exact) mass is 211 g/mol. The lowest BCUT2D eigenvalue weighted by atomic mass is 9.92. The Morgan fingerprint density at radius 1 is 1.43 bits per heavy atom. The fourth-order valence-electron chi connectivity index (χ4n) is 1.99. The highest BCUT2D eigenvalue weighted by Gasteiger charge is 2.21. The normalized spacial score (nSPS) is 27.8. The van der Waals surface area contributed by atoms with Crippen molar-refractivity contribution in [3.05, 3.63) is 22.4 Å². The van der Waals surface area contributed by atoms with E-state index in [-0.39, 0.29) is 6.10 Å². The molecule has 1 saturated carbocycles. The summed E-state index contributed by atoms with van der Waals surface area (Å²) in [7, 11) is 0. The zero-order valence-corrected chi connectivity index (χ0v) is 9.09. The molecule has 1 aromatic rings. The van der Waals surface area contributed by atoms with Crippen LogP contribution in [0.3, 0.4) is 0 Å². The SMILES string of the molecule is O[C@H]1CCCC[C@H]1NCc1ccsc1. The molecule has 0 amide bonds. The van der Waals surface area contributed by atoms with E-state index in [0.29, 0.717) is 6.04 Å². The van der Waals surface area contributed by atoms with E-state index >= 15 is 0 Å². The number of aliphatic hydroxyl groups excluding tert-OH is 1. The number of nitrogens with one attached hydrogen (secondary N) is 1. The number of hydrogen-bond acceptors (Lipinski definition) is 3. The number of thiophene rings is 1. The van der Waals surface area contributed by atoms with Gasteiger partial charge in [-0.15, -0.1) is 0 Å². The van der Waals surface area contributed by atoms with Crippen LogP contribution in [0.4, 0.5) is 0 Å². The first-order chi connectivity index (χ1) is 6.86. The maximum Gasteiger partial charge on any atom is 0.0693 e. The Bertz CT molecular complexity index is 260. The summed E-state index contributed by atoms with van der Waals surface area (Å²) in [5.41, 5.74) is 1.33. The Morgan fingerprint density at radius 3 is 3.00 bits per heavy atom. The number of rotatable bonds is 3. The largest absolute Gasteiger partial charge is 0.392 e. The summed E-state index contributed by atoms with van der Waals surface area (Å²) in [5, 5.41) is 17.4. The van der Waals surface area contributed by atoms with Gasteiger partial charge in [-0.05, 0) is 35.2 Å². The van der Waals surface area contributed by atoms with Gasteiger partial charge < -0.3 is 10.4 Å². The molecule has 1 aromatic heterocycles. The zero-order valence-electron chi connectivity index (χ0n) is 8.28. The van der Waals surface area contributed by atoms with Crippen LogP contribution in [0, 0.1) is 0 Å². The third kappa shape index (κ3) is 2.56. The summed E-state index contributed by atoms with van der Waals surface area (Å²) in [6.07, 6.45) is 4.37. The van der Waals surface area contributed by atoms with Crippen molar-refractivity contribution in [2.24, 2.45) is 0 Å². The van der Waals surface area contributed by atoms with Crippen LogP contribution in [0.2, 0.25) is 0 Å². The molecule has 0 aliphatic heterocycles. The Hall–Kier alpha value is -0.380. The lowest BCUT2D eigenvalue weighted by Gasteiger charge is -2.28. The topological polar surface area (TPSA) is 32.3 Å². The van der Waals surface area contributed by atoms with E-state index in [9.17, 15) is 5.11 Å². The Labute approximate surface area is 89.0 Å². The van der Waals surface area contributed by atoms with Crippen molar-refractivity contribution in [3.63, 3.8) is 0 Å². The number of aliphatic hydroxyl groups is 1. The molecular weight excluding hydrogens is 194 g/mol. The van der Waals surface area contributed by atoms with Crippen LogP contribution < -0.4 is 5.32 Å². The molecule has 14 heavy (non-hydrogen) atoms. The molecule has 1 heterocycles. The van der Waals surface area contributed by atoms with E-state index in [2.05, 4.69) is 22.1 Å². The van der Waals surface area contributed by atoms with Crippen LogP contribution in [-0.2, 0) is 6.54 Å². The summed E-state index contributed by atoms with van der Waals surface area (Å²) < 4.78 is 0. The van der Waals surface area contributed by atoms with Gasteiger partial charge in [0.2, 0.25) is 0 Å². The molecule has 0 aromatic carbocycles. The number of hydrogen-bond donors (Lipinski definition) is 2. The van der Waals surface area contributed by atoms with Gasteiger partial charge >= 0.3 is 0 Å². The van der Waals surface area contributed by atoms with Crippen LogP contribution in [0.15, 0.2) is 16.8 Å². The van der Waals surface area contributed by atoms with Gasteiger partial charge in [-0.25, -0.2) is 0 Å². The standard InChI is InChI=1S/C11H17NOS/c13-11-4-2-1-3-10(11)12-7-9-5-6-14-8-9/h5-6,8,10-13H,1-4,7H2/t10-,11+/m1/s1. The third-order valence-corrected chi connectivity index (χ3v) is 3.61. The fourth-order valence-corrected chi connectivity index (χ4v) is 2.66. The van der Waals surface area contributed by atoms with Gasteiger partial charge in [0.05, 0.1) is 6.10 Å². The predicted octanol–water partition coefficient (Wildman–Crippen LogP) is 2.14. The van der Waals surface area contributed by atoms with Crippen LogP contribution in [0.5, 0.6) is 0 Å². The molecule has 1 aliphatic rings. The maximum absolute atomic E-state index is 9.74. The highest BCUT2D eigenvalue weighted by molar-refractivity contribution is 7.07. The molecule has 1 aliphatic carbocycles. The minimum absolute atomic E-state index is 0.137. The van der Waals surface area contributed by atoms with Crippen molar-refractivity contribution in [3.8, 4) is 0 Å². The van der Waals surface area contributed by atoms with Gasteiger partial charge in [0.15, 0.2) is 0 Å². The summed E-state index contributed by atoms with van der Waals surface area (Å²) in [4.78, 5) is 0. The molecule has 0 spiro atoms. The molecule has 2 rings (SSSR count). The Balaban J connectivity index is 1.79. The second-order valence-electron chi connectivity index (χ2n) is 3.97. The first-order valence-corrected chi connectivity index (χ1v) is 6.23. The van der Waals surface area contributed by atoms with Crippen molar-refractivity contribution in [2.75, 3.05) is 0 Å². The summed E-state index contributed by atoms with van der Waals surface area (Å²) in [6.45, 7) is 0.894. The average molecular weight is 211 g/mol. The van der Waals surface area contributed by atoms with Crippen molar-refractivity contribution >= 4 is 11.3 Å². The second kappa shape index (κ2) is 4.91. The Morgan fingerprint density at radius 2 is 2.29 bits per heavy atom. The smallest absolute Gasteiger partial charge is 0.0693 e. The van der Waals surface area contributed by atoms with Gasteiger partial charge in [0.1, 0.15) is 0 Å². The van der Waals surface area contributed by atoms with Crippen LogP contribution >= 0.6 is 11.3 Å². The van der Waals surface area contributed by atoms with Gasteiger partial charge in [0, 0.05) is 12.6 Å². The molecule has 3 heteroatoms. The molecule has 0 radical (unpaired) electrons. The molecule has 2 atom stereocenters. The van der Waals surface area contributed by atoms with Gasteiger partial charge in [-0.3, -0.25) is 0 Å². The highest BCUT2D eigenvalue weighted by atomic mass is 32.1. The molecule has 2 nitrogen and oxygen atoms in total. The summed E-state index contributed by atoms with van der Waals surface area (Å²) >= 11 is 1.72. The van der Waals surface area contributed by atoms with Crippen LogP contribution in [-0.4, -0.2) is 17.3 Å². The molecular formula is C11H17NOS. The van der Waals surface area contributed by atoms with Crippen molar-refractivity contribution in [2.45, 2.75) is 44.4 Å². The lowest BCUT2D eigenvalue weighted by molar-refractivity contribution is 0.0903. The molecule has 78 valence electrons. The first kappa shape index (κ1) is 10.1. The maximum atomic E-state index is 9.74. The van der Waals surface area contributed by atoms with Crippen molar-refractivity contribution in [1.82, 2.24) is 5.32 Å². The zero-order chi connectivity index (χ0) is 9.80. The molecule has 0 saturated heterocycles. The second-order valence-corrected chi connectivity index (χ2v) is 4.75. The van der Waals surface area contributed by atoms with Gasteiger partial charge in [0.25, 0.3) is 0 Å². The predicted molar refractivity (Wildman–Crippen MR) is 59.4 cm³/mol. The van der Waals surface area contributed by atoms with E-state index in [0.717, 1.165) is 19.4 Å². The van der Waals surface area contributed by atoms with Crippen LogP contribution in [0.1, 0.15) is 31.2 Å². The van der Waals surface area contributed by atoms with Crippen molar-refractivity contribution in [1.29, 1.82) is 0 Å². The summed E-state index contributed by atoms with van der Waals surface area (Å²) in [6, 6.07) is 2.44. The molecule has 2 N–H and O–H groups in total. The van der Waals surface area contributed by atoms with E-state index in [1.807, 2.05) is 0 Å². The van der Waals surface area contributed by atoms with E-state index in [4.69, 9.17) is 0 Å². The lowest BCUT2D eigenvalue weighted by Crippen LogP contribution is -2.41. The quantitative estimate of drug-likeness (QED) is 0.803. The molecule has 1 fully saturated rings. The van der Waals surface area contributed by atoms with Gasteiger partial charge in [-0.1, -0.05) is 12.8 Å². The third-order valence-electron chi connectivity index (χ3n) is 2.88. The van der Waals surface area contributed by atoms with E-state index in [1.165, 1.54) is 18.4 Å². The van der Waals surface area contributed by atoms with Gasteiger partial charge in [-0.2, -0.15) is 11.3 Å². The first-order valence-electron chi connectivity index (χ1n) is 5.29. The minimum atomic E-state index is -0.137. The van der Waals surface area contributed by atoms with E-state index < -0.39 is 0 Å². The molecule has 0 bridgehead atoms. The Kier molecular flexibility index (Phi) is 3.56. The average Bonchev–Trinajstić information content (AvgIpc) is 2.69. The minimum Gasteiger partial charge on any atom is -0.392 e. The molecule has 0 unspecified atom stereocenters. The van der Waals surface area contributed by atoms with E-state index in [1.54, 1.807) is 11.3 Å². The fraction of sp³-hybridized carbons (Fsp3) is 0.636. The summed E-state index contributed by atoms with van der Waals surface area (Å²) in [5.74, 6) is 0. The van der Waals surface area contributed by atoms with Crippen molar-refractivity contribution < 1.29 is 5.11 Å². The highest BCUT2D eigenvalue weighted by Crippen LogP contribution is 2.18. The van der Waals surface area contributed by atoms with Crippen LogP contribution in [0.25, 0.3) is 0 Å².